The van der Waals surface area contributed by atoms with Gasteiger partial charge in [0.05, 0.1) is 5.71 Å². The second-order valence-electron chi connectivity index (χ2n) is 4.46. The number of oxime groups is 1. The quantitative estimate of drug-likeness (QED) is 0.837. The number of para-hydroxylation sites is 1. The summed E-state index contributed by atoms with van der Waals surface area (Å²) in [5.74, 6) is 0.860. The SMILES string of the molecule is c1ccc(OCC2CC(c3ccccc3)=NO2)cc1. The molecule has 0 bridgehead atoms. The predicted octanol–water partition coefficient (Wildman–Crippen LogP) is 3.26. The van der Waals surface area contributed by atoms with Crippen LogP contribution in [0.15, 0.2) is 65.8 Å². The molecule has 3 heteroatoms. The summed E-state index contributed by atoms with van der Waals surface area (Å²) in [5, 5.41) is 4.14. The van der Waals surface area contributed by atoms with E-state index in [1.165, 1.54) is 0 Å². The monoisotopic (exact) mass is 253 g/mol. The molecule has 0 spiro atoms. The highest BCUT2D eigenvalue weighted by atomic mass is 16.7. The van der Waals surface area contributed by atoms with E-state index in [0.29, 0.717) is 6.61 Å². The first-order valence-corrected chi connectivity index (χ1v) is 6.38. The highest BCUT2D eigenvalue weighted by molar-refractivity contribution is 6.01. The third kappa shape index (κ3) is 2.94. The van der Waals surface area contributed by atoms with Gasteiger partial charge in [-0.1, -0.05) is 53.7 Å². The Morgan fingerprint density at radius 2 is 1.68 bits per heavy atom. The van der Waals surface area contributed by atoms with Crippen LogP contribution in [0.25, 0.3) is 0 Å². The Morgan fingerprint density at radius 3 is 2.42 bits per heavy atom. The standard InChI is InChI=1S/C16H15NO2/c1-3-7-13(8-4-1)16-11-15(19-17-16)12-18-14-9-5-2-6-10-14/h1-10,15H,11-12H2. The number of hydrogen-bond donors (Lipinski definition) is 0. The van der Waals surface area contributed by atoms with Crippen LogP contribution in [0.3, 0.4) is 0 Å². The molecule has 2 aromatic carbocycles. The first-order valence-electron chi connectivity index (χ1n) is 6.38. The molecule has 1 aliphatic heterocycles. The lowest BCUT2D eigenvalue weighted by atomic mass is 10.1. The number of rotatable bonds is 4. The van der Waals surface area contributed by atoms with Crippen molar-refractivity contribution in [2.45, 2.75) is 12.5 Å². The molecule has 2 aromatic rings. The van der Waals surface area contributed by atoms with E-state index in [2.05, 4.69) is 5.16 Å². The smallest absolute Gasteiger partial charge is 0.167 e. The lowest BCUT2D eigenvalue weighted by Crippen LogP contribution is -2.18. The summed E-state index contributed by atoms with van der Waals surface area (Å²) in [6.07, 6.45) is 0.784. The van der Waals surface area contributed by atoms with Gasteiger partial charge in [0.1, 0.15) is 12.4 Å². The Labute approximate surface area is 112 Å². The minimum Gasteiger partial charge on any atom is -0.490 e. The third-order valence-corrected chi connectivity index (χ3v) is 3.02. The lowest BCUT2D eigenvalue weighted by molar-refractivity contribution is 0.0471. The first-order chi connectivity index (χ1) is 9.42. The van der Waals surface area contributed by atoms with Gasteiger partial charge < -0.3 is 9.57 Å². The third-order valence-electron chi connectivity index (χ3n) is 3.02. The number of benzene rings is 2. The fourth-order valence-corrected chi connectivity index (χ4v) is 2.02. The Morgan fingerprint density at radius 1 is 1.00 bits per heavy atom. The summed E-state index contributed by atoms with van der Waals surface area (Å²) >= 11 is 0. The molecule has 96 valence electrons. The maximum absolute atomic E-state index is 5.68. The molecule has 0 saturated heterocycles. The molecule has 0 aromatic heterocycles. The van der Waals surface area contributed by atoms with E-state index in [-0.39, 0.29) is 6.10 Å². The molecule has 0 N–H and O–H groups in total. The maximum atomic E-state index is 5.68. The Hall–Kier alpha value is -2.29. The number of nitrogens with zero attached hydrogens (tertiary/aromatic N) is 1. The van der Waals surface area contributed by atoms with Crippen LogP contribution in [-0.4, -0.2) is 18.4 Å². The second kappa shape index (κ2) is 5.57. The predicted molar refractivity (Wildman–Crippen MR) is 74.4 cm³/mol. The molecular formula is C16H15NO2. The normalized spacial score (nSPS) is 17.7. The average Bonchev–Trinajstić information content (AvgIpc) is 2.96. The first kappa shape index (κ1) is 11.8. The van der Waals surface area contributed by atoms with Crippen molar-refractivity contribution in [2.24, 2.45) is 5.16 Å². The minimum absolute atomic E-state index is 0.00425. The fraction of sp³-hybridized carbons (Fsp3) is 0.188. The fourth-order valence-electron chi connectivity index (χ4n) is 2.02. The van der Waals surface area contributed by atoms with E-state index >= 15 is 0 Å². The van der Waals surface area contributed by atoms with Crippen LogP contribution in [-0.2, 0) is 4.84 Å². The van der Waals surface area contributed by atoms with Crippen LogP contribution >= 0.6 is 0 Å². The van der Waals surface area contributed by atoms with E-state index in [1.54, 1.807) is 0 Å². The van der Waals surface area contributed by atoms with E-state index < -0.39 is 0 Å². The van der Waals surface area contributed by atoms with Crippen LogP contribution in [0.1, 0.15) is 12.0 Å². The molecule has 19 heavy (non-hydrogen) atoms. The molecule has 0 fully saturated rings. The lowest BCUT2D eigenvalue weighted by Gasteiger charge is -2.10. The van der Waals surface area contributed by atoms with Gasteiger partial charge >= 0.3 is 0 Å². The second-order valence-corrected chi connectivity index (χ2v) is 4.46. The zero-order chi connectivity index (χ0) is 12.9. The highest BCUT2D eigenvalue weighted by Crippen LogP contribution is 2.18. The van der Waals surface area contributed by atoms with Gasteiger partial charge in [-0.25, -0.2) is 0 Å². The summed E-state index contributed by atoms with van der Waals surface area (Å²) in [5.41, 5.74) is 2.10. The van der Waals surface area contributed by atoms with Gasteiger partial charge in [-0.15, -0.1) is 0 Å². The molecule has 3 rings (SSSR count). The van der Waals surface area contributed by atoms with Crippen molar-refractivity contribution in [2.75, 3.05) is 6.61 Å². The van der Waals surface area contributed by atoms with Crippen molar-refractivity contribution in [3.8, 4) is 5.75 Å². The Balaban J connectivity index is 1.54. The largest absolute Gasteiger partial charge is 0.490 e. The topological polar surface area (TPSA) is 30.8 Å². The molecule has 3 nitrogen and oxygen atoms in total. The van der Waals surface area contributed by atoms with Gasteiger partial charge in [0.2, 0.25) is 0 Å². The summed E-state index contributed by atoms with van der Waals surface area (Å²) < 4.78 is 5.68. The van der Waals surface area contributed by atoms with E-state index in [1.807, 2.05) is 60.7 Å². The van der Waals surface area contributed by atoms with E-state index in [4.69, 9.17) is 9.57 Å². The summed E-state index contributed by atoms with van der Waals surface area (Å²) in [7, 11) is 0. The number of hydrogen-bond acceptors (Lipinski definition) is 3. The van der Waals surface area contributed by atoms with E-state index in [0.717, 1.165) is 23.4 Å². The molecule has 0 amide bonds. The van der Waals surface area contributed by atoms with Crippen molar-refractivity contribution >= 4 is 5.71 Å². The number of ether oxygens (including phenoxy) is 1. The zero-order valence-electron chi connectivity index (χ0n) is 10.5. The average molecular weight is 253 g/mol. The molecule has 1 atom stereocenters. The minimum atomic E-state index is -0.00425. The van der Waals surface area contributed by atoms with Gasteiger partial charge in [-0.2, -0.15) is 0 Å². The van der Waals surface area contributed by atoms with Gasteiger partial charge in [0.25, 0.3) is 0 Å². The van der Waals surface area contributed by atoms with Crippen molar-refractivity contribution < 1.29 is 9.57 Å². The molecule has 1 aliphatic rings. The van der Waals surface area contributed by atoms with Crippen molar-refractivity contribution in [1.29, 1.82) is 0 Å². The summed E-state index contributed by atoms with van der Waals surface area (Å²) in [4.78, 5) is 5.40. The van der Waals surface area contributed by atoms with Crippen LogP contribution in [0, 0.1) is 0 Å². The molecule has 1 heterocycles. The molecule has 0 radical (unpaired) electrons. The van der Waals surface area contributed by atoms with Crippen LogP contribution in [0.2, 0.25) is 0 Å². The van der Waals surface area contributed by atoms with Crippen LogP contribution in [0.4, 0.5) is 0 Å². The maximum Gasteiger partial charge on any atom is 0.167 e. The zero-order valence-corrected chi connectivity index (χ0v) is 10.5. The van der Waals surface area contributed by atoms with Gasteiger partial charge in [-0.3, -0.25) is 0 Å². The Bertz CT molecular complexity index is 551. The molecule has 1 unspecified atom stereocenters. The highest BCUT2D eigenvalue weighted by Gasteiger charge is 2.22. The summed E-state index contributed by atoms with van der Waals surface area (Å²) in [6.45, 7) is 0.518. The molecular weight excluding hydrogens is 238 g/mol. The molecule has 0 saturated carbocycles. The molecule has 0 aliphatic carbocycles. The van der Waals surface area contributed by atoms with Crippen LogP contribution in [0.5, 0.6) is 5.75 Å². The van der Waals surface area contributed by atoms with Crippen molar-refractivity contribution in [3.63, 3.8) is 0 Å². The van der Waals surface area contributed by atoms with Crippen molar-refractivity contribution in [1.82, 2.24) is 0 Å². The van der Waals surface area contributed by atoms with Crippen LogP contribution < -0.4 is 4.74 Å². The van der Waals surface area contributed by atoms with Gasteiger partial charge in [-0.05, 0) is 17.7 Å². The van der Waals surface area contributed by atoms with E-state index in [9.17, 15) is 0 Å². The van der Waals surface area contributed by atoms with Crippen molar-refractivity contribution in [3.05, 3.63) is 66.2 Å². The van der Waals surface area contributed by atoms with Gasteiger partial charge in [0, 0.05) is 6.42 Å². The Kier molecular flexibility index (Phi) is 3.45. The van der Waals surface area contributed by atoms with Gasteiger partial charge in [0.15, 0.2) is 6.10 Å². The summed E-state index contributed by atoms with van der Waals surface area (Å²) in [6, 6.07) is 19.9.